The zero-order chi connectivity index (χ0) is 10.2. The van der Waals surface area contributed by atoms with Gasteiger partial charge in [0.05, 0.1) is 10.6 Å². The average molecular weight is 206 g/mol. The monoisotopic (exact) mass is 205 g/mol. The predicted molar refractivity (Wildman–Crippen MR) is 44.6 cm³/mol. The SMILES string of the molecule is Cc1c(F)c(Cl)cc(F)c1C(N)=O. The maximum absolute atomic E-state index is 13.0. The Hall–Kier alpha value is -1.16. The Kier molecular flexibility index (Phi) is 2.52. The molecule has 5 heteroatoms. The third kappa shape index (κ3) is 1.62. The molecule has 2 N–H and O–H groups in total. The van der Waals surface area contributed by atoms with Gasteiger partial charge in [-0.1, -0.05) is 11.6 Å². The maximum atomic E-state index is 13.0. The summed E-state index contributed by atoms with van der Waals surface area (Å²) >= 11 is 5.33. The summed E-state index contributed by atoms with van der Waals surface area (Å²) in [6.07, 6.45) is 0. The lowest BCUT2D eigenvalue weighted by molar-refractivity contribution is 0.0995. The van der Waals surface area contributed by atoms with Crippen LogP contribution in [-0.4, -0.2) is 5.91 Å². The summed E-state index contributed by atoms with van der Waals surface area (Å²) in [6.45, 7) is 1.24. The van der Waals surface area contributed by atoms with Crippen molar-refractivity contribution < 1.29 is 13.6 Å². The molecule has 2 nitrogen and oxygen atoms in total. The van der Waals surface area contributed by atoms with Gasteiger partial charge in [0.25, 0.3) is 5.91 Å². The van der Waals surface area contributed by atoms with E-state index >= 15 is 0 Å². The lowest BCUT2D eigenvalue weighted by Gasteiger charge is -2.05. The first-order chi connectivity index (χ1) is 5.95. The second-order valence-electron chi connectivity index (χ2n) is 2.52. The largest absolute Gasteiger partial charge is 0.365 e. The van der Waals surface area contributed by atoms with Crippen LogP contribution in [0, 0.1) is 18.6 Å². The van der Waals surface area contributed by atoms with Gasteiger partial charge in [-0.15, -0.1) is 0 Å². The molecule has 0 radical (unpaired) electrons. The normalized spacial score (nSPS) is 10.2. The molecule has 0 fully saturated rings. The Bertz CT molecular complexity index is 379. The van der Waals surface area contributed by atoms with Crippen molar-refractivity contribution in [2.24, 2.45) is 5.73 Å². The molecule has 0 atom stereocenters. The lowest BCUT2D eigenvalue weighted by Crippen LogP contribution is -2.16. The van der Waals surface area contributed by atoms with E-state index in [2.05, 4.69) is 0 Å². The van der Waals surface area contributed by atoms with Gasteiger partial charge in [0.15, 0.2) is 0 Å². The van der Waals surface area contributed by atoms with Crippen LogP contribution in [0.2, 0.25) is 5.02 Å². The van der Waals surface area contributed by atoms with Gasteiger partial charge < -0.3 is 5.73 Å². The zero-order valence-electron chi connectivity index (χ0n) is 6.70. The molecular formula is C8H6ClF2NO. The van der Waals surface area contributed by atoms with Crippen LogP contribution in [0.3, 0.4) is 0 Å². The number of nitrogens with two attached hydrogens (primary N) is 1. The molecule has 0 saturated heterocycles. The average Bonchev–Trinajstić information content (AvgIpc) is 1.99. The standard InChI is InChI=1S/C8H6ClF2NO/c1-3-6(8(12)13)5(10)2-4(9)7(3)11/h2H,1H3,(H2,12,13). The number of amides is 1. The van der Waals surface area contributed by atoms with Crippen LogP contribution in [0.15, 0.2) is 6.07 Å². The molecule has 0 saturated carbocycles. The van der Waals surface area contributed by atoms with E-state index in [1.54, 1.807) is 0 Å². The minimum Gasteiger partial charge on any atom is -0.365 e. The Balaban J connectivity index is 3.53. The minimum absolute atomic E-state index is 0.169. The summed E-state index contributed by atoms with van der Waals surface area (Å²) < 4.78 is 26.0. The highest BCUT2D eigenvalue weighted by atomic mass is 35.5. The van der Waals surface area contributed by atoms with Crippen molar-refractivity contribution in [3.8, 4) is 0 Å². The first-order valence-electron chi connectivity index (χ1n) is 3.39. The van der Waals surface area contributed by atoms with Crippen LogP contribution in [0.1, 0.15) is 15.9 Å². The van der Waals surface area contributed by atoms with Crippen molar-refractivity contribution >= 4 is 17.5 Å². The van der Waals surface area contributed by atoms with Crippen molar-refractivity contribution in [3.63, 3.8) is 0 Å². The van der Waals surface area contributed by atoms with Gasteiger partial charge in [-0.2, -0.15) is 0 Å². The van der Waals surface area contributed by atoms with Crippen molar-refractivity contribution in [1.29, 1.82) is 0 Å². The van der Waals surface area contributed by atoms with Crippen LogP contribution in [-0.2, 0) is 0 Å². The Morgan fingerprint density at radius 1 is 1.54 bits per heavy atom. The van der Waals surface area contributed by atoms with Gasteiger partial charge in [0.2, 0.25) is 0 Å². The van der Waals surface area contributed by atoms with Gasteiger partial charge in [0, 0.05) is 5.56 Å². The van der Waals surface area contributed by atoms with Gasteiger partial charge >= 0.3 is 0 Å². The zero-order valence-corrected chi connectivity index (χ0v) is 7.45. The molecule has 70 valence electrons. The van der Waals surface area contributed by atoms with E-state index in [1.807, 2.05) is 0 Å². The fourth-order valence-electron chi connectivity index (χ4n) is 1.02. The van der Waals surface area contributed by atoms with Gasteiger partial charge in [0.1, 0.15) is 11.6 Å². The molecule has 0 aliphatic heterocycles. The first kappa shape index (κ1) is 9.92. The molecular weight excluding hydrogens is 200 g/mol. The van der Waals surface area contributed by atoms with Crippen molar-refractivity contribution in [1.82, 2.24) is 0 Å². The third-order valence-electron chi connectivity index (χ3n) is 1.65. The molecule has 13 heavy (non-hydrogen) atoms. The van der Waals surface area contributed by atoms with E-state index < -0.39 is 23.1 Å². The van der Waals surface area contributed by atoms with E-state index in [0.29, 0.717) is 0 Å². The molecule has 1 amide bonds. The number of rotatable bonds is 1. The molecule has 0 aromatic heterocycles. The maximum Gasteiger partial charge on any atom is 0.252 e. The Labute approximate surface area is 78.3 Å². The number of primary amides is 1. The van der Waals surface area contributed by atoms with E-state index in [4.69, 9.17) is 17.3 Å². The van der Waals surface area contributed by atoms with Crippen LogP contribution in [0.5, 0.6) is 0 Å². The van der Waals surface area contributed by atoms with E-state index in [-0.39, 0.29) is 10.6 Å². The number of halogens is 3. The van der Waals surface area contributed by atoms with Crippen LogP contribution >= 0.6 is 11.6 Å². The molecule has 0 aliphatic carbocycles. The smallest absolute Gasteiger partial charge is 0.252 e. The predicted octanol–water partition coefficient (Wildman–Crippen LogP) is 2.03. The number of carbonyl (C=O) groups excluding carboxylic acids is 1. The highest BCUT2D eigenvalue weighted by Gasteiger charge is 2.17. The fourth-order valence-corrected chi connectivity index (χ4v) is 1.25. The molecule has 0 heterocycles. The number of carbonyl (C=O) groups is 1. The Morgan fingerprint density at radius 2 is 2.08 bits per heavy atom. The second kappa shape index (κ2) is 3.30. The Morgan fingerprint density at radius 3 is 2.54 bits per heavy atom. The molecule has 1 aromatic rings. The number of hydrogen-bond acceptors (Lipinski definition) is 1. The van der Waals surface area contributed by atoms with Crippen molar-refractivity contribution in [3.05, 3.63) is 33.9 Å². The third-order valence-corrected chi connectivity index (χ3v) is 1.93. The van der Waals surface area contributed by atoms with Crippen LogP contribution in [0.4, 0.5) is 8.78 Å². The molecule has 1 aromatic carbocycles. The molecule has 0 aliphatic rings. The lowest BCUT2D eigenvalue weighted by atomic mass is 10.1. The summed E-state index contributed by atoms with van der Waals surface area (Å²) in [7, 11) is 0. The van der Waals surface area contributed by atoms with Gasteiger partial charge in [-0.3, -0.25) is 4.79 Å². The molecule has 0 unspecified atom stereocenters. The highest BCUT2D eigenvalue weighted by molar-refractivity contribution is 6.31. The van der Waals surface area contributed by atoms with Crippen LogP contribution < -0.4 is 5.73 Å². The highest BCUT2D eigenvalue weighted by Crippen LogP contribution is 2.23. The molecule has 0 bridgehead atoms. The van der Waals surface area contributed by atoms with E-state index in [0.717, 1.165) is 6.07 Å². The molecule has 0 spiro atoms. The number of hydrogen-bond donors (Lipinski definition) is 1. The van der Waals surface area contributed by atoms with Gasteiger partial charge in [-0.25, -0.2) is 8.78 Å². The molecule has 1 rings (SSSR count). The van der Waals surface area contributed by atoms with Crippen molar-refractivity contribution in [2.45, 2.75) is 6.92 Å². The summed E-state index contributed by atoms with van der Waals surface area (Å²) in [4.78, 5) is 10.7. The summed E-state index contributed by atoms with van der Waals surface area (Å²) in [5.41, 5.74) is 4.22. The number of benzene rings is 1. The first-order valence-corrected chi connectivity index (χ1v) is 3.77. The summed E-state index contributed by atoms with van der Waals surface area (Å²) in [5.74, 6) is -2.74. The fraction of sp³-hybridized carbons (Fsp3) is 0.125. The minimum atomic E-state index is -1.01. The second-order valence-corrected chi connectivity index (χ2v) is 2.93. The van der Waals surface area contributed by atoms with E-state index in [9.17, 15) is 13.6 Å². The topological polar surface area (TPSA) is 43.1 Å². The van der Waals surface area contributed by atoms with Crippen molar-refractivity contribution in [2.75, 3.05) is 0 Å². The van der Waals surface area contributed by atoms with Gasteiger partial charge in [-0.05, 0) is 13.0 Å². The summed E-state index contributed by atoms with van der Waals surface area (Å²) in [6, 6.07) is 0.726. The summed E-state index contributed by atoms with van der Waals surface area (Å²) in [5, 5.41) is -0.361. The van der Waals surface area contributed by atoms with Crippen LogP contribution in [0.25, 0.3) is 0 Å². The quantitative estimate of drug-likeness (QED) is 0.701. The van der Waals surface area contributed by atoms with E-state index in [1.165, 1.54) is 6.92 Å².